The van der Waals surface area contributed by atoms with Crippen LogP contribution in [0.1, 0.15) is 23.0 Å². The third-order valence-corrected chi connectivity index (χ3v) is 3.76. The smallest absolute Gasteiger partial charge is 0.358 e. The molecule has 27 heavy (non-hydrogen) atoms. The molecule has 1 aromatic heterocycles. The molecule has 0 unspecified atom stereocenters. The van der Waals surface area contributed by atoms with Crippen LogP contribution in [0.2, 0.25) is 0 Å². The molecular formula is C20H20N4O3. The van der Waals surface area contributed by atoms with Gasteiger partial charge in [0, 0.05) is 18.4 Å². The molecule has 138 valence electrons. The minimum absolute atomic E-state index is 0.249. The zero-order chi connectivity index (χ0) is 19.1. The molecule has 0 fully saturated rings. The van der Waals surface area contributed by atoms with Crippen LogP contribution in [-0.4, -0.2) is 28.4 Å². The van der Waals surface area contributed by atoms with Crippen molar-refractivity contribution < 1.29 is 14.3 Å². The Labute approximate surface area is 157 Å². The Morgan fingerprint density at radius 2 is 1.78 bits per heavy atom. The van der Waals surface area contributed by atoms with E-state index in [1.165, 1.54) is 0 Å². The molecule has 2 aromatic carbocycles. The molecule has 0 aliphatic heterocycles. The molecular weight excluding hydrogens is 344 g/mol. The van der Waals surface area contributed by atoms with Crippen LogP contribution in [0, 0.1) is 0 Å². The zero-order valence-corrected chi connectivity index (χ0v) is 14.9. The first kappa shape index (κ1) is 18.2. The fourth-order valence-electron chi connectivity index (χ4n) is 2.43. The lowest BCUT2D eigenvalue weighted by molar-refractivity contribution is 0.0519. The Hall–Kier alpha value is -3.61. The van der Waals surface area contributed by atoms with Gasteiger partial charge >= 0.3 is 12.0 Å². The average Bonchev–Trinajstić information content (AvgIpc) is 3.18. The summed E-state index contributed by atoms with van der Waals surface area (Å²) < 4.78 is 6.50. The van der Waals surface area contributed by atoms with Gasteiger partial charge < -0.3 is 15.4 Å². The summed E-state index contributed by atoms with van der Waals surface area (Å²) in [5.41, 5.74) is 2.70. The number of ether oxygens (including phenoxy) is 1. The number of nitrogens with zero attached hydrogens (tertiary/aromatic N) is 2. The average molecular weight is 364 g/mol. The van der Waals surface area contributed by atoms with Gasteiger partial charge in [0.25, 0.3) is 0 Å². The van der Waals surface area contributed by atoms with E-state index in [1.807, 2.05) is 30.3 Å². The lowest BCUT2D eigenvalue weighted by Gasteiger charge is -2.08. The van der Waals surface area contributed by atoms with E-state index in [0.29, 0.717) is 18.8 Å². The topological polar surface area (TPSA) is 85.2 Å². The number of hydrogen-bond acceptors (Lipinski definition) is 4. The van der Waals surface area contributed by atoms with Gasteiger partial charge in [-0.15, -0.1) is 0 Å². The predicted octanol–water partition coefficient (Wildman–Crippen LogP) is 3.37. The molecule has 0 atom stereocenters. The van der Waals surface area contributed by atoms with Crippen molar-refractivity contribution in [3.05, 3.63) is 78.1 Å². The molecule has 7 heteroatoms. The standard InChI is InChI=1S/C20H20N4O3/c1-2-27-19(25)18-12-13-24(23-18)17-10-8-16(9-11-17)22-20(26)21-14-15-6-4-3-5-7-15/h3-13H,2,14H2,1H3,(H2,21,22,26). The second-order valence-electron chi connectivity index (χ2n) is 5.71. The molecule has 1 heterocycles. The second kappa shape index (κ2) is 8.66. The minimum Gasteiger partial charge on any atom is -0.461 e. The molecule has 7 nitrogen and oxygen atoms in total. The quantitative estimate of drug-likeness (QED) is 0.657. The highest BCUT2D eigenvalue weighted by molar-refractivity contribution is 5.89. The van der Waals surface area contributed by atoms with E-state index < -0.39 is 5.97 Å². The molecule has 0 saturated carbocycles. The van der Waals surface area contributed by atoms with E-state index in [1.54, 1.807) is 48.1 Å². The lowest BCUT2D eigenvalue weighted by atomic mass is 10.2. The molecule has 0 radical (unpaired) electrons. The summed E-state index contributed by atoms with van der Waals surface area (Å²) in [7, 11) is 0. The van der Waals surface area contributed by atoms with Gasteiger partial charge in [-0.05, 0) is 42.8 Å². The lowest BCUT2D eigenvalue weighted by Crippen LogP contribution is -2.28. The van der Waals surface area contributed by atoms with Crippen molar-refractivity contribution in [1.82, 2.24) is 15.1 Å². The maximum absolute atomic E-state index is 12.0. The van der Waals surface area contributed by atoms with Crippen molar-refractivity contribution in [1.29, 1.82) is 0 Å². The third kappa shape index (κ3) is 4.94. The van der Waals surface area contributed by atoms with Crippen molar-refractivity contribution in [3.8, 4) is 5.69 Å². The number of amides is 2. The molecule has 0 aliphatic rings. The maximum atomic E-state index is 12.0. The molecule has 2 amide bonds. The first-order chi connectivity index (χ1) is 13.2. The predicted molar refractivity (Wildman–Crippen MR) is 102 cm³/mol. The van der Waals surface area contributed by atoms with Gasteiger partial charge in [0.05, 0.1) is 12.3 Å². The summed E-state index contributed by atoms with van der Waals surface area (Å²) in [6, 6.07) is 18.1. The highest BCUT2D eigenvalue weighted by atomic mass is 16.5. The van der Waals surface area contributed by atoms with Crippen molar-refractivity contribution >= 4 is 17.7 Å². The number of carbonyl (C=O) groups excluding carboxylic acids is 2. The molecule has 0 saturated heterocycles. The van der Waals surface area contributed by atoms with Gasteiger partial charge in [-0.3, -0.25) is 0 Å². The molecule has 0 spiro atoms. The molecule has 3 aromatic rings. The van der Waals surface area contributed by atoms with Crippen LogP contribution in [0.25, 0.3) is 5.69 Å². The molecule has 0 bridgehead atoms. The van der Waals surface area contributed by atoms with Gasteiger partial charge in [-0.1, -0.05) is 30.3 Å². The summed E-state index contributed by atoms with van der Waals surface area (Å²) in [6.07, 6.45) is 1.68. The van der Waals surface area contributed by atoms with Crippen molar-refractivity contribution in [2.24, 2.45) is 0 Å². The number of aromatic nitrogens is 2. The minimum atomic E-state index is -0.454. The fourth-order valence-corrected chi connectivity index (χ4v) is 2.43. The highest BCUT2D eigenvalue weighted by Crippen LogP contribution is 2.13. The number of carbonyl (C=O) groups is 2. The number of rotatable bonds is 6. The Bertz CT molecular complexity index is 904. The SMILES string of the molecule is CCOC(=O)c1ccn(-c2ccc(NC(=O)NCc3ccccc3)cc2)n1. The van der Waals surface area contributed by atoms with E-state index in [-0.39, 0.29) is 11.7 Å². The van der Waals surface area contributed by atoms with Gasteiger partial charge in [0.1, 0.15) is 0 Å². The van der Waals surface area contributed by atoms with Crippen molar-refractivity contribution in [2.75, 3.05) is 11.9 Å². The van der Waals surface area contributed by atoms with Crippen LogP contribution >= 0.6 is 0 Å². The Morgan fingerprint density at radius 1 is 1.04 bits per heavy atom. The molecule has 0 aliphatic carbocycles. The Kier molecular flexibility index (Phi) is 5.84. The van der Waals surface area contributed by atoms with Gasteiger partial charge in [-0.2, -0.15) is 5.10 Å². The largest absolute Gasteiger partial charge is 0.461 e. The van der Waals surface area contributed by atoms with Gasteiger partial charge in [-0.25, -0.2) is 14.3 Å². The number of esters is 1. The van der Waals surface area contributed by atoms with E-state index in [9.17, 15) is 9.59 Å². The summed E-state index contributed by atoms with van der Waals surface area (Å²) >= 11 is 0. The van der Waals surface area contributed by atoms with E-state index in [4.69, 9.17) is 4.74 Å². The number of nitrogens with one attached hydrogen (secondary N) is 2. The Balaban J connectivity index is 1.57. The summed E-state index contributed by atoms with van der Waals surface area (Å²) in [4.78, 5) is 23.7. The number of benzene rings is 2. The van der Waals surface area contributed by atoms with Gasteiger partial charge in [0.15, 0.2) is 5.69 Å². The van der Waals surface area contributed by atoms with Crippen molar-refractivity contribution in [2.45, 2.75) is 13.5 Å². The van der Waals surface area contributed by atoms with Crippen LogP contribution in [0.5, 0.6) is 0 Å². The Morgan fingerprint density at radius 3 is 2.48 bits per heavy atom. The fraction of sp³-hybridized carbons (Fsp3) is 0.150. The van der Waals surface area contributed by atoms with Crippen LogP contribution in [0.3, 0.4) is 0 Å². The van der Waals surface area contributed by atoms with E-state index in [0.717, 1.165) is 11.3 Å². The first-order valence-electron chi connectivity index (χ1n) is 8.57. The normalized spacial score (nSPS) is 10.3. The first-order valence-corrected chi connectivity index (χ1v) is 8.57. The molecule has 2 N–H and O–H groups in total. The van der Waals surface area contributed by atoms with Crippen LogP contribution in [-0.2, 0) is 11.3 Å². The number of urea groups is 1. The van der Waals surface area contributed by atoms with Crippen LogP contribution in [0.15, 0.2) is 66.9 Å². The molecule has 3 rings (SSSR count). The van der Waals surface area contributed by atoms with Gasteiger partial charge in [0.2, 0.25) is 0 Å². The van der Waals surface area contributed by atoms with Crippen LogP contribution in [0.4, 0.5) is 10.5 Å². The van der Waals surface area contributed by atoms with Crippen molar-refractivity contribution in [3.63, 3.8) is 0 Å². The van der Waals surface area contributed by atoms with Crippen LogP contribution < -0.4 is 10.6 Å². The maximum Gasteiger partial charge on any atom is 0.358 e. The third-order valence-electron chi connectivity index (χ3n) is 3.76. The number of hydrogen-bond donors (Lipinski definition) is 2. The zero-order valence-electron chi connectivity index (χ0n) is 14.9. The highest BCUT2D eigenvalue weighted by Gasteiger charge is 2.11. The van der Waals surface area contributed by atoms with E-state index in [2.05, 4.69) is 15.7 Å². The summed E-state index contributed by atoms with van der Waals surface area (Å²) in [6.45, 7) is 2.50. The number of anilines is 1. The monoisotopic (exact) mass is 364 g/mol. The summed E-state index contributed by atoms with van der Waals surface area (Å²) in [5, 5.41) is 9.77. The summed E-state index contributed by atoms with van der Waals surface area (Å²) in [5.74, 6) is -0.454. The second-order valence-corrected chi connectivity index (χ2v) is 5.71. The van der Waals surface area contributed by atoms with E-state index >= 15 is 0 Å².